The molecule has 114 valence electrons. The van der Waals surface area contributed by atoms with Crippen LogP contribution in [-0.4, -0.2) is 24.8 Å². The number of thiazole rings is 1. The summed E-state index contributed by atoms with van der Waals surface area (Å²) >= 11 is 13.4. The van der Waals surface area contributed by atoms with E-state index in [4.69, 9.17) is 28.9 Å². The Kier molecular flexibility index (Phi) is 4.79. The number of nitrogens with zero attached hydrogens (tertiary/aromatic N) is 2. The summed E-state index contributed by atoms with van der Waals surface area (Å²) in [7, 11) is -2.38. The van der Waals surface area contributed by atoms with Crippen LogP contribution in [0.5, 0.6) is 0 Å². The molecule has 0 unspecified atom stereocenters. The predicted molar refractivity (Wildman–Crippen MR) is 86.4 cm³/mol. The van der Waals surface area contributed by atoms with E-state index in [2.05, 4.69) is 4.98 Å². The van der Waals surface area contributed by atoms with Crippen LogP contribution >= 0.6 is 34.5 Å². The van der Waals surface area contributed by atoms with Crippen molar-refractivity contribution in [2.24, 2.45) is 0 Å². The Labute approximate surface area is 137 Å². The van der Waals surface area contributed by atoms with Crippen molar-refractivity contribution in [2.75, 3.05) is 12.8 Å². The third-order valence-electron chi connectivity index (χ3n) is 2.74. The average Bonchev–Trinajstić information content (AvgIpc) is 2.72. The van der Waals surface area contributed by atoms with Crippen LogP contribution in [-0.2, 0) is 16.6 Å². The van der Waals surface area contributed by atoms with Gasteiger partial charge in [-0.15, -0.1) is 11.3 Å². The Bertz CT molecular complexity index is 752. The Hall–Kier alpha value is -0.860. The van der Waals surface area contributed by atoms with Crippen LogP contribution in [0, 0.1) is 6.92 Å². The zero-order valence-electron chi connectivity index (χ0n) is 11.3. The molecular formula is C12H13Cl2N3O2S2. The molecule has 9 heteroatoms. The van der Waals surface area contributed by atoms with E-state index in [1.807, 2.05) is 12.3 Å². The first-order valence-corrected chi connectivity index (χ1v) is 8.91. The molecule has 0 saturated carbocycles. The van der Waals surface area contributed by atoms with Gasteiger partial charge in [0.05, 0.1) is 27.3 Å². The van der Waals surface area contributed by atoms with Crippen molar-refractivity contribution in [3.63, 3.8) is 0 Å². The van der Waals surface area contributed by atoms with Crippen molar-refractivity contribution < 1.29 is 8.42 Å². The minimum Gasteiger partial charge on any atom is -0.399 e. The lowest BCUT2D eigenvalue weighted by molar-refractivity contribution is 0.463. The zero-order chi connectivity index (χ0) is 15.8. The minimum absolute atomic E-state index is 0.00121. The number of halogens is 2. The van der Waals surface area contributed by atoms with E-state index in [0.29, 0.717) is 11.4 Å². The largest absolute Gasteiger partial charge is 0.399 e. The highest BCUT2D eigenvalue weighted by Crippen LogP contribution is 2.33. The van der Waals surface area contributed by atoms with Crippen LogP contribution in [0.25, 0.3) is 0 Å². The Balaban J connectivity index is 2.38. The average molecular weight is 366 g/mol. The SMILES string of the molecule is Cc1nc(CN(C)S(=O)(=O)c2c(Cl)cc(N)cc2Cl)cs1. The van der Waals surface area contributed by atoms with Gasteiger partial charge < -0.3 is 5.73 Å². The molecule has 1 aromatic carbocycles. The fourth-order valence-electron chi connectivity index (χ4n) is 1.78. The van der Waals surface area contributed by atoms with Gasteiger partial charge in [-0.05, 0) is 19.1 Å². The summed E-state index contributed by atoms with van der Waals surface area (Å²) in [5, 5.41) is 2.69. The maximum absolute atomic E-state index is 12.6. The van der Waals surface area contributed by atoms with Crippen molar-refractivity contribution >= 4 is 50.2 Å². The van der Waals surface area contributed by atoms with Crippen LogP contribution in [0.1, 0.15) is 10.7 Å². The molecule has 1 heterocycles. The van der Waals surface area contributed by atoms with Crippen LogP contribution in [0.15, 0.2) is 22.4 Å². The van der Waals surface area contributed by atoms with Gasteiger partial charge in [-0.1, -0.05) is 23.2 Å². The molecule has 0 amide bonds. The second-order valence-corrected chi connectivity index (χ2v) is 8.29. The molecule has 0 aliphatic carbocycles. The Morgan fingerprint density at radius 1 is 1.33 bits per heavy atom. The molecule has 2 aromatic rings. The van der Waals surface area contributed by atoms with Crippen LogP contribution < -0.4 is 5.73 Å². The molecular weight excluding hydrogens is 353 g/mol. The van der Waals surface area contributed by atoms with Crippen molar-refractivity contribution in [2.45, 2.75) is 18.4 Å². The smallest absolute Gasteiger partial charge is 0.246 e. The Morgan fingerprint density at radius 3 is 2.38 bits per heavy atom. The normalized spacial score (nSPS) is 12.0. The highest BCUT2D eigenvalue weighted by atomic mass is 35.5. The fraction of sp³-hybridized carbons (Fsp3) is 0.250. The first-order valence-electron chi connectivity index (χ1n) is 5.83. The molecule has 0 aliphatic rings. The van der Waals surface area contributed by atoms with Gasteiger partial charge >= 0.3 is 0 Å². The van der Waals surface area contributed by atoms with E-state index in [-0.39, 0.29) is 21.5 Å². The van der Waals surface area contributed by atoms with Gasteiger partial charge in [0.1, 0.15) is 4.90 Å². The molecule has 0 radical (unpaired) electrons. The summed E-state index contributed by atoms with van der Waals surface area (Å²) in [6.07, 6.45) is 0. The topological polar surface area (TPSA) is 76.3 Å². The molecule has 0 fully saturated rings. The fourth-order valence-corrected chi connectivity index (χ4v) is 4.69. The van der Waals surface area contributed by atoms with Gasteiger partial charge in [0.2, 0.25) is 10.0 Å². The van der Waals surface area contributed by atoms with Crippen molar-refractivity contribution in [1.29, 1.82) is 0 Å². The second-order valence-electron chi connectivity index (χ2n) is 4.43. The third-order valence-corrected chi connectivity index (χ3v) is 6.29. The van der Waals surface area contributed by atoms with Crippen LogP contribution in [0.3, 0.4) is 0 Å². The summed E-state index contributed by atoms with van der Waals surface area (Å²) in [5.74, 6) is 0. The highest BCUT2D eigenvalue weighted by molar-refractivity contribution is 7.89. The summed E-state index contributed by atoms with van der Waals surface area (Å²) < 4.78 is 26.3. The van der Waals surface area contributed by atoms with Crippen molar-refractivity contribution in [3.8, 4) is 0 Å². The quantitative estimate of drug-likeness (QED) is 0.844. The monoisotopic (exact) mass is 365 g/mol. The van der Waals surface area contributed by atoms with Gasteiger partial charge in [-0.3, -0.25) is 0 Å². The van der Waals surface area contributed by atoms with Crippen molar-refractivity contribution in [1.82, 2.24) is 9.29 Å². The lowest BCUT2D eigenvalue weighted by Gasteiger charge is -2.18. The number of hydrogen-bond acceptors (Lipinski definition) is 5. The summed E-state index contributed by atoms with van der Waals surface area (Å²) in [6.45, 7) is 2.00. The maximum atomic E-state index is 12.6. The summed E-state index contributed by atoms with van der Waals surface area (Å²) in [4.78, 5) is 4.10. The van der Waals surface area contributed by atoms with E-state index in [1.165, 1.54) is 30.5 Å². The number of sulfonamides is 1. The standard InChI is InChI=1S/C12H13Cl2N3O2S2/c1-7-16-9(6-20-7)5-17(2)21(18,19)12-10(13)3-8(15)4-11(12)14/h3-4,6H,5,15H2,1-2H3. The minimum atomic E-state index is -3.83. The van der Waals surface area contributed by atoms with Crippen LogP contribution in [0.2, 0.25) is 10.0 Å². The molecule has 2 N–H and O–H groups in total. The number of aromatic nitrogens is 1. The molecule has 0 saturated heterocycles. The number of hydrogen-bond donors (Lipinski definition) is 1. The first-order chi connectivity index (χ1) is 9.71. The summed E-state index contributed by atoms with van der Waals surface area (Å²) in [5.41, 5.74) is 6.57. The number of anilines is 1. The van der Waals surface area contributed by atoms with Gasteiger partial charge in [0.15, 0.2) is 0 Å². The number of nitrogen functional groups attached to an aromatic ring is 1. The van der Waals surface area contributed by atoms with Crippen LogP contribution in [0.4, 0.5) is 5.69 Å². The number of nitrogens with two attached hydrogens (primary N) is 1. The molecule has 0 spiro atoms. The van der Waals surface area contributed by atoms with Gasteiger partial charge in [0.25, 0.3) is 0 Å². The molecule has 0 bridgehead atoms. The zero-order valence-corrected chi connectivity index (χ0v) is 14.4. The number of benzene rings is 1. The van der Waals surface area contributed by atoms with Gasteiger partial charge in [-0.25, -0.2) is 13.4 Å². The molecule has 21 heavy (non-hydrogen) atoms. The third kappa shape index (κ3) is 3.49. The molecule has 1 aromatic heterocycles. The number of rotatable bonds is 4. The number of aryl methyl sites for hydroxylation is 1. The van der Waals surface area contributed by atoms with E-state index < -0.39 is 10.0 Å². The lowest BCUT2D eigenvalue weighted by atomic mass is 10.3. The molecule has 0 aliphatic heterocycles. The van der Waals surface area contributed by atoms with E-state index >= 15 is 0 Å². The molecule has 2 rings (SSSR count). The van der Waals surface area contributed by atoms with Crippen molar-refractivity contribution in [3.05, 3.63) is 38.3 Å². The van der Waals surface area contributed by atoms with E-state index in [0.717, 1.165) is 9.31 Å². The highest BCUT2D eigenvalue weighted by Gasteiger charge is 2.27. The molecule has 0 atom stereocenters. The van der Waals surface area contributed by atoms with Gasteiger partial charge in [-0.2, -0.15) is 4.31 Å². The maximum Gasteiger partial charge on any atom is 0.246 e. The predicted octanol–water partition coefficient (Wildman–Crippen LogP) is 3.16. The lowest BCUT2D eigenvalue weighted by Crippen LogP contribution is -2.27. The second kappa shape index (κ2) is 6.10. The van der Waals surface area contributed by atoms with E-state index in [9.17, 15) is 8.42 Å². The first kappa shape index (κ1) is 16.5. The summed E-state index contributed by atoms with van der Waals surface area (Å²) in [6, 6.07) is 2.72. The molecule has 5 nitrogen and oxygen atoms in total. The van der Waals surface area contributed by atoms with E-state index in [1.54, 1.807) is 0 Å². The Morgan fingerprint density at radius 2 is 1.90 bits per heavy atom. The van der Waals surface area contributed by atoms with Gasteiger partial charge in [0, 0.05) is 18.1 Å².